The normalized spacial score (nSPS) is 19.4. The van der Waals surface area contributed by atoms with Gasteiger partial charge in [-0.25, -0.2) is 12.8 Å². The first-order valence-electron chi connectivity index (χ1n) is 7.59. The molecule has 0 spiro atoms. The molecule has 2 aromatic rings. The van der Waals surface area contributed by atoms with Gasteiger partial charge in [-0.2, -0.15) is 9.30 Å². The number of terminal acetylenes is 1. The number of amides is 1. The van der Waals surface area contributed by atoms with Crippen LogP contribution in [0.3, 0.4) is 0 Å². The van der Waals surface area contributed by atoms with Gasteiger partial charge in [0, 0.05) is 6.54 Å². The molecule has 3 rings (SSSR count). The molecular formula is C16H16FN3O3S2. The van der Waals surface area contributed by atoms with Crippen molar-refractivity contribution in [1.82, 2.24) is 8.87 Å². The number of nitrogens with zero attached hydrogens (tertiary/aromatic N) is 3. The summed E-state index contributed by atoms with van der Waals surface area (Å²) in [5, 5.41) is 0. The number of thiazole rings is 1. The van der Waals surface area contributed by atoms with E-state index in [9.17, 15) is 17.6 Å². The van der Waals surface area contributed by atoms with Crippen molar-refractivity contribution in [2.45, 2.75) is 25.4 Å². The highest BCUT2D eigenvalue weighted by Gasteiger charge is 2.36. The third-order valence-corrected chi connectivity index (χ3v) is 6.34. The van der Waals surface area contributed by atoms with Crippen LogP contribution in [0.5, 0.6) is 0 Å². The molecule has 9 heteroatoms. The van der Waals surface area contributed by atoms with Gasteiger partial charge in [0.25, 0.3) is 5.91 Å². The van der Waals surface area contributed by atoms with Gasteiger partial charge in [-0.1, -0.05) is 17.3 Å². The van der Waals surface area contributed by atoms with Crippen LogP contribution in [0, 0.1) is 18.2 Å². The molecule has 0 saturated carbocycles. The van der Waals surface area contributed by atoms with Crippen LogP contribution < -0.4 is 4.80 Å². The number of rotatable bonds is 3. The molecule has 0 bridgehead atoms. The predicted molar refractivity (Wildman–Crippen MR) is 93.7 cm³/mol. The standard InChI is InChI=1S/C16H16FN3O3S2/c1-3-8-19-12-7-6-11(17)10-14(12)24-16(19)18-15(21)13-5-4-9-20(13)25(2,22)23/h1,6-7,10,13H,4-5,8-9H2,2H3. The van der Waals surface area contributed by atoms with Crippen LogP contribution in [0.25, 0.3) is 10.2 Å². The molecule has 1 aliphatic rings. The van der Waals surface area contributed by atoms with Crippen molar-refractivity contribution in [1.29, 1.82) is 0 Å². The Kier molecular flexibility index (Phi) is 4.77. The van der Waals surface area contributed by atoms with Gasteiger partial charge in [-0.15, -0.1) is 6.42 Å². The first-order valence-corrected chi connectivity index (χ1v) is 10.3. The maximum Gasteiger partial charge on any atom is 0.266 e. The number of hydrogen-bond acceptors (Lipinski definition) is 4. The van der Waals surface area contributed by atoms with Gasteiger partial charge in [0.2, 0.25) is 10.0 Å². The van der Waals surface area contributed by atoms with Crippen LogP contribution in [-0.2, 0) is 21.4 Å². The highest BCUT2D eigenvalue weighted by atomic mass is 32.2. The summed E-state index contributed by atoms with van der Waals surface area (Å²) in [6, 6.07) is 3.46. The number of fused-ring (bicyclic) bond motifs is 1. The van der Waals surface area contributed by atoms with Crippen molar-refractivity contribution in [3.63, 3.8) is 0 Å². The number of benzene rings is 1. The third kappa shape index (κ3) is 3.51. The van der Waals surface area contributed by atoms with Crippen molar-refractivity contribution in [2.24, 2.45) is 4.99 Å². The summed E-state index contributed by atoms with van der Waals surface area (Å²) in [7, 11) is -3.47. The Hall–Kier alpha value is -2.02. The van der Waals surface area contributed by atoms with Crippen molar-refractivity contribution in [2.75, 3.05) is 12.8 Å². The van der Waals surface area contributed by atoms with E-state index in [-0.39, 0.29) is 6.54 Å². The maximum atomic E-state index is 13.4. The SMILES string of the molecule is C#CCn1c(=NC(=O)C2CCCN2S(C)(=O)=O)sc2cc(F)ccc21. The number of halogens is 1. The lowest BCUT2D eigenvalue weighted by molar-refractivity contribution is -0.121. The zero-order valence-corrected chi connectivity index (χ0v) is 15.1. The Morgan fingerprint density at radius 3 is 2.96 bits per heavy atom. The fourth-order valence-electron chi connectivity index (χ4n) is 2.93. The topological polar surface area (TPSA) is 71.7 Å². The lowest BCUT2D eigenvalue weighted by atomic mass is 10.2. The van der Waals surface area contributed by atoms with Gasteiger partial charge >= 0.3 is 0 Å². The van der Waals surface area contributed by atoms with Crippen LogP contribution in [0.2, 0.25) is 0 Å². The Labute approximate surface area is 148 Å². The summed E-state index contributed by atoms with van der Waals surface area (Å²) in [4.78, 5) is 17.0. The molecule has 0 aliphatic carbocycles. The second-order valence-corrected chi connectivity index (χ2v) is 8.71. The molecule has 1 aliphatic heterocycles. The molecule has 6 nitrogen and oxygen atoms in total. The molecule has 132 valence electrons. The molecule has 1 amide bonds. The number of carbonyl (C=O) groups is 1. The molecule has 1 atom stereocenters. The van der Waals surface area contributed by atoms with Crippen molar-refractivity contribution in [3.8, 4) is 12.3 Å². The maximum absolute atomic E-state index is 13.4. The number of aromatic nitrogens is 1. The van der Waals surface area contributed by atoms with Gasteiger partial charge < -0.3 is 4.57 Å². The van der Waals surface area contributed by atoms with Crippen molar-refractivity contribution < 1.29 is 17.6 Å². The predicted octanol–water partition coefficient (Wildman–Crippen LogP) is 1.33. The second kappa shape index (κ2) is 6.71. The summed E-state index contributed by atoms with van der Waals surface area (Å²) in [5.41, 5.74) is 0.683. The summed E-state index contributed by atoms with van der Waals surface area (Å²) < 4.78 is 40.5. The summed E-state index contributed by atoms with van der Waals surface area (Å²) >= 11 is 1.15. The number of sulfonamides is 1. The molecule has 1 aromatic carbocycles. The van der Waals surface area contributed by atoms with E-state index in [2.05, 4.69) is 10.9 Å². The molecule has 0 radical (unpaired) electrons. The van der Waals surface area contributed by atoms with E-state index in [0.29, 0.717) is 34.4 Å². The minimum absolute atomic E-state index is 0.179. The summed E-state index contributed by atoms with van der Waals surface area (Å²) in [6.45, 7) is 0.491. The van der Waals surface area contributed by atoms with Crippen LogP contribution in [0.1, 0.15) is 12.8 Å². The molecule has 25 heavy (non-hydrogen) atoms. The van der Waals surface area contributed by atoms with Gasteiger partial charge in [0.05, 0.1) is 23.0 Å². The van der Waals surface area contributed by atoms with Crippen LogP contribution in [0.4, 0.5) is 4.39 Å². The van der Waals surface area contributed by atoms with Gasteiger partial charge in [-0.3, -0.25) is 4.79 Å². The summed E-state index contributed by atoms with van der Waals surface area (Å²) in [6.07, 6.45) is 7.52. The first kappa shape index (κ1) is 17.8. The largest absolute Gasteiger partial charge is 0.305 e. The van der Waals surface area contributed by atoms with Crippen molar-refractivity contribution in [3.05, 3.63) is 28.8 Å². The fourth-order valence-corrected chi connectivity index (χ4v) is 5.11. The third-order valence-electron chi connectivity index (χ3n) is 4.01. The molecule has 1 aromatic heterocycles. The number of hydrogen-bond donors (Lipinski definition) is 0. The lowest BCUT2D eigenvalue weighted by Crippen LogP contribution is -2.39. The highest BCUT2D eigenvalue weighted by Crippen LogP contribution is 2.22. The fraction of sp³-hybridized carbons (Fsp3) is 0.375. The summed E-state index contributed by atoms with van der Waals surface area (Å²) in [5.74, 6) is 1.57. The van der Waals surface area contributed by atoms with Crippen molar-refractivity contribution >= 4 is 37.5 Å². The molecule has 1 fully saturated rings. The smallest absolute Gasteiger partial charge is 0.266 e. The van der Waals surface area contributed by atoms with E-state index in [1.807, 2.05) is 0 Å². The average Bonchev–Trinajstić information content (AvgIpc) is 3.13. The minimum atomic E-state index is -3.47. The van der Waals surface area contributed by atoms with E-state index >= 15 is 0 Å². The molecule has 1 saturated heterocycles. The second-order valence-electron chi connectivity index (χ2n) is 5.77. The Balaban J connectivity index is 2.07. The van der Waals surface area contributed by atoms with Gasteiger partial charge in [0.15, 0.2) is 4.80 Å². The highest BCUT2D eigenvalue weighted by molar-refractivity contribution is 7.88. The zero-order chi connectivity index (χ0) is 18.2. The molecule has 2 heterocycles. The van der Waals surface area contributed by atoms with E-state index < -0.39 is 27.8 Å². The average molecular weight is 381 g/mol. The van der Waals surface area contributed by atoms with E-state index in [0.717, 1.165) is 17.6 Å². The van der Waals surface area contributed by atoms with Crippen LogP contribution in [-0.4, -0.2) is 42.0 Å². The van der Waals surface area contributed by atoms with Gasteiger partial charge in [-0.05, 0) is 31.0 Å². The van der Waals surface area contributed by atoms with Gasteiger partial charge in [0.1, 0.15) is 11.9 Å². The Morgan fingerprint density at radius 2 is 2.28 bits per heavy atom. The Morgan fingerprint density at radius 1 is 1.52 bits per heavy atom. The Bertz CT molecular complexity index is 1050. The van der Waals surface area contributed by atoms with E-state index in [4.69, 9.17) is 6.42 Å². The first-order chi connectivity index (χ1) is 11.8. The van der Waals surface area contributed by atoms with E-state index in [1.165, 1.54) is 16.4 Å². The van der Waals surface area contributed by atoms with E-state index in [1.54, 1.807) is 10.6 Å². The van der Waals surface area contributed by atoms with Crippen LogP contribution >= 0.6 is 11.3 Å². The van der Waals surface area contributed by atoms with Crippen LogP contribution in [0.15, 0.2) is 23.2 Å². The molecule has 1 unspecified atom stereocenters. The minimum Gasteiger partial charge on any atom is -0.305 e. The lowest BCUT2D eigenvalue weighted by Gasteiger charge is -2.18. The zero-order valence-electron chi connectivity index (χ0n) is 13.5. The molecule has 0 N–H and O–H groups in total. The number of carbonyl (C=O) groups excluding carboxylic acids is 1. The quantitative estimate of drug-likeness (QED) is 0.753. The monoisotopic (exact) mass is 381 g/mol. The molecular weight excluding hydrogens is 365 g/mol.